The van der Waals surface area contributed by atoms with E-state index in [1.807, 2.05) is 11.8 Å². The van der Waals surface area contributed by atoms with E-state index in [1.165, 1.54) is 44.5 Å². The van der Waals surface area contributed by atoms with E-state index in [0.717, 1.165) is 51.5 Å². The molecule has 2 saturated heterocycles. The fourth-order valence-corrected chi connectivity index (χ4v) is 5.26. The van der Waals surface area contributed by atoms with Crippen LogP contribution in [0.5, 0.6) is 0 Å². The third-order valence-corrected chi connectivity index (χ3v) is 7.06. The number of ether oxygens (including phenoxy) is 2. The molecule has 1 aliphatic carbocycles. The summed E-state index contributed by atoms with van der Waals surface area (Å²) in [6.07, 6.45) is 8.23. The van der Waals surface area contributed by atoms with Gasteiger partial charge in [0, 0.05) is 45.1 Å². The first-order valence-corrected chi connectivity index (χ1v) is 11.2. The molecule has 3 aliphatic rings. The molecule has 0 aromatic rings. The highest BCUT2D eigenvalue weighted by atomic mass is 16.6. The van der Waals surface area contributed by atoms with E-state index in [9.17, 15) is 4.79 Å². The lowest BCUT2D eigenvalue weighted by molar-refractivity contribution is -0.00543. The van der Waals surface area contributed by atoms with Crippen molar-refractivity contribution < 1.29 is 14.3 Å². The molecule has 0 radical (unpaired) electrons. The predicted octanol–water partition coefficient (Wildman–Crippen LogP) is 3.60. The summed E-state index contributed by atoms with van der Waals surface area (Å²) in [6, 6.07) is 0.717. The van der Waals surface area contributed by atoms with Crippen molar-refractivity contribution in [3.63, 3.8) is 0 Å². The van der Waals surface area contributed by atoms with E-state index in [2.05, 4.69) is 11.8 Å². The van der Waals surface area contributed by atoms with Crippen LogP contribution < -0.4 is 0 Å². The van der Waals surface area contributed by atoms with Crippen molar-refractivity contribution in [3.8, 4) is 0 Å². The van der Waals surface area contributed by atoms with Gasteiger partial charge in [0.1, 0.15) is 0 Å². The Labute approximate surface area is 170 Å². The second-order valence-electron chi connectivity index (χ2n) is 8.97. The van der Waals surface area contributed by atoms with Gasteiger partial charge in [-0.25, -0.2) is 4.79 Å². The SMILES string of the molecule is CCOC(=O)N1CCC2(CC(N3CCC(C(C)=NCCCCOC)CC3)C2)C1. The van der Waals surface area contributed by atoms with Crippen LogP contribution in [0.3, 0.4) is 0 Å². The number of nitrogens with zero attached hydrogens (tertiary/aromatic N) is 3. The lowest BCUT2D eigenvalue weighted by Crippen LogP contribution is -2.54. The highest BCUT2D eigenvalue weighted by Crippen LogP contribution is 2.50. The van der Waals surface area contributed by atoms with Crippen molar-refractivity contribution in [2.45, 2.75) is 64.8 Å². The van der Waals surface area contributed by atoms with Crippen LogP contribution in [0.25, 0.3) is 0 Å². The third-order valence-electron chi connectivity index (χ3n) is 7.06. The van der Waals surface area contributed by atoms with E-state index in [-0.39, 0.29) is 6.09 Å². The Bertz CT molecular complexity index is 537. The molecule has 1 amide bonds. The number of piperidine rings is 1. The van der Waals surface area contributed by atoms with Crippen molar-refractivity contribution in [3.05, 3.63) is 0 Å². The maximum absolute atomic E-state index is 12.0. The quantitative estimate of drug-likeness (QED) is 0.467. The fraction of sp³-hybridized carbons (Fsp3) is 0.909. The van der Waals surface area contributed by atoms with Crippen LogP contribution in [-0.4, -0.2) is 80.7 Å². The second kappa shape index (κ2) is 10.1. The van der Waals surface area contributed by atoms with Crippen LogP contribution in [0.15, 0.2) is 4.99 Å². The molecule has 0 aromatic heterocycles. The number of aliphatic imine (C=N–C) groups is 1. The molecule has 2 aliphatic heterocycles. The summed E-state index contributed by atoms with van der Waals surface area (Å²) in [5, 5.41) is 0. The zero-order valence-corrected chi connectivity index (χ0v) is 18.1. The first kappa shape index (κ1) is 21.6. The van der Waals surface area contributed by atoms with E-state index in [0.29, 0.717) is 17.9 Å². The van der Waals surface area contributed by atoms with Crippen LogP contribution in [0.4, 0.5) is 4.79 Å². The number of likely N-dealkylation sites (tertiary alicyclic amines) is 2. The molecule has 0 N–H and O–H groups in total. The molecule has 2 heterocycles. The molecular weight excluding hydrogens is 354 g/mol. The van der Waals surface area contributed by atoms with Gasteiger partial charge in [-0.3, -0.25) is 4.99 Å². The molecule has 0 bridgehead atoms. The number of amides is 1. The number of rotatable bonds is 8. The topological polar surface area (TPSA) is 54.4 Å². The smallest absolute Gasteiger partial charge is 0.409 e. The predicted molar refractivity (Wildman–Crippen MR) is 112 cm³/mol. The monoisotopic (exact) mass is 393 g/mol. The first-order valence-electron chi connectivity index (χ1n) is 11.2. The zero-order valence-electron chi connectivity index (χ0n) is 18.1. The molecule has 0 aromatic carbocycles. The van der Waals surface area contributed by atoms with E-state index in [4.69, 9.17) is 14.5 Å². The van der Waals surface area contributed by atoms with Gasteiger partial charge < -0.3 is 19.3 Å². The molecule has 0 atom stereocenters. The van der Waals surface area contributed by atoms with E-state index in [1.54, 1.807) is 7.11 Å². The molecule has 1 saturated carbocycles. The number of carbonyl (C=O) groups is 1. The third kappa shape index (κ3) is 5.26. The molecule has 160 valence electrons. The average Bonchev–Trinajstić information content (AvgIpc) is 3.13. The summed E-state index contributed by atoms with van der Waals surface area (Å²) in [5.74, 6) is 0.665. The van der Waals surface area contributed by atoms with Gasteiger partial charge in [0.25, 0.3) is 0 Å². The lowest BCUT2D eigenvalue weighted by Gasteiger charge is -2.51. The van der Waals surface area contributed by atoms with Crippen molar-refractivity contribution in [2.24, 2.45) is 16.3 Å². The van der Waals surface area contributed by atoms with Gasteiger partial charge in [0.15, 0.2) is 0 Å². The number of unbranched alkanes of at least 4 members (excludes halogenated alkanes) is 1. The van der Waals surface area contributed by atoms with Gasteiger partial charge in [-0.05, 0) is 83.2 Å². The minimum atomic E-state index is -0.124. The Morgan fingerprint density at radius 3 is 2.61 bits per heavy atom. The van der Waals surface area contributed by atoms with E-state index < -0.39 is 0 Å². The minimum absolute atomic E-state index is 0.124. The minimum Gasteiger partial charge on any atom is -0.450 e. The summed E-state index contributed by atoms with van der Waals surface area (Å²) in [6.45, 7) is 10.5. The van der Waals surface area contributed by atoms with Gasteiger partial charge in [-0.2, -0.15) is 0 Å². The molecule has 1 spiro atoms. The second-order valence-corrected chi connectivity index (χ2v) is 8.97. The molecule has 3 rings (SSSR count). The molecular formula is C22H39N3O3. The lowest BCUT2D eigenvalue weighted by atomic mass is 9.64. The summed E-state index contributed by atoms with van der Waals surface area (Å²) >= 11 is 0. The van der Waals surface area contributed by atoms with Crippen molar-refractivity contribution >= 4 is 11.8 Å². The maximum Gasteiger partial charge on any atom is 0.409 e. The summed E-state index contributed by atoms with van der Waals surface area (Å²) < 4.78 is 10.3. The van der Waals surface area contributed by atoms with Gasteiger partial charge in [-0.15, -0.1) is 0 Å². The molecule has 0 unspecified atom stereocenters. The highest BCUT2D eigenvalue weighted by molar-refractivity contribution is 5.84. The molecule has 6 nitrogen and oxygen atoms in total. The Hall–Kier alpha value is -1.14. The molecule has 3 fully saturated rings. The number of carbonyl (C=O) groups excluding carboxylic acids is 1. The zero-order chi connectivity index (χ0) is 20.0. The van der Waals surface area contributed by atoms with Gasteiger partial charge in [-0.1, -0.05) is 0 Å². The number of methoxy groups -OCH3 is 1. The van der Waals surface area contributed by atoms with Gasteiger partial charge in [0.2, 0.25) is 0 Å². The van der Waals surface area contributed by atoms with Crippen LogP contribution in [0.1, 0.15) is 58.8 Å². The average molecular weight is 394 g/mol. The number of hydrogen-bond donors (Lipinski definition) is 0. The van der Waals surface area contributed by atoms with Gasteiger partial charge in [0.05, 0.1) is 6.61 Å². The number of hydrogen-bond acceptors (Lipinski definition) is 5. The molecule has 28 heavy (non-hydrogen) atoms. The maximum atomic E-state index is 12.0. The van der Waals surface area contributed by atoms with Crippen LogP contribution in [0, 0.1) is 11.3 Å². The normalized spacial score (nSPS) is 29.3. The Morgan fingerprint density at radius 1 is 1.18 bits per heavy atom. The Kier molecular flexibility index (Phi) is 7.75. The van der Waals surface area contributed by atoms with Gasteiger partial charge >= 0.3 is 6.09 Å². The van der Waals surface area contributed by atoms with Crippen molar-refractivity contribution in [2.75, 3.05) is 53.0 Å². The standard InChI is InChI=1S/C22H39N3O3/c1-4-28-21(26)25-13-9-22(17-25)15-20(16-22)24-11-7-19(8-12-24)18(2)23-10-5-6-14-27-3/h19-20H,4-17H2,1-3H3. The first-order chi connectivity index (χ1) is 13.6. The van der Waals surface area contributed by atoms with E-state index >= 15 is 0 Å². The van der Waals surface area contributed by atoms with Crippen LogP contribution >= 0.6 is 0 Å². The molecule has 6 heteroatoms. The Morgan fingerprint density at radius 2 is 1.93 bits per heavy atom. The van der Waals surface area contributed by atoms with Crippen molar-refractivity contribution in [1.82, 2.24) is 9.80 Å². The summed E-state index contributed by atoms with van der Waals surface area (Å²) in [4.78, 5) is 21.4. The largest absolute Gasteiger partial charge is 0.450 e. The fourth-order valence-electron chi connectivity index (χ4n) is 5.26. The Balaban J connectivity index is 1.35. The summed E-state index contributed by atoms with van der Waals surface area (Å²) in [5.41, 5.74) is 1.72. The summed E-state index contributed by atoms with van der Waals surface area (Å²) in [7, 11) is 1.76. The van der Waals surface area contributed by atoms with Crippen LogP contribution in [-0.2, 0) is 9.47 Å². The highest BCUT2D eigenvalue weighted by Gasteiger charge is 2.51. The van der Waals surface area contributed by atoms with Crippen LogP contribution in [0.2, 0.25) is 0 Å². The van der Waals surface area contributed by atoms with Crippen molar-refractivity contribution in [1.29, 1.82) is 0 Å².